The largest absolute Gasteiger partial charge is 0.355 e. The van der Waals surface area contributed by atoms with Crippen molar-refractivity contribution in [3.63, 3.8) is 0 Å². The third-order valence-electron chi connectivity index (χ3n) is 4.24. The third kappa shape index (κ3) is 4.18. The number of nitrogens with one attached hydrogen (secondary N) is 2. The molecule has 2 aromatic carbocycles. The topological polar surface area (TPSA) is 33.3 Å². The number of anilines is 2. The fourth-order valence-electron chi connectivity index (χ4n) is 2.83. The van der Waals surface area contributed by atoms with Crippen LogP contribution in [0.25, 0.3) is 5.70 Å². The van der Waals surface area contributed by atoms with Crippen molar-refractivity contribution in [3.8, 4) is 0 Å². The molecule has 0 atom stereocenters. The fraction of sp³-hybridized carbons (Fsp3) is 0.333. The Hall–Kier alpha value is -2.26. The van der Waals surface area contributed by atoms with E-state index in [1.54, 1.807) is 7.11 Å². The maximum absolute atomic E-state index is 5.02. The minimum absolute atomic E-state index is 0.537. The van der Waals surface area contributed by atoms with Crippen molar-refractivity contribution in [1.29, 1.82) is 0 Å². The molecule has 3 nitrogen and oxygen atoms in total. The maximum Gasteiger partial charge on any atom is 0.0654 e. The fourth-order valence-corrected chi connectivity index (χ4v) is 2.83. The van der Waals surface area contributed by atoms with Gasteiger partial charge in [-0.05, 0) is 59.7 Å². The zero-order valence-electron chi connectivity index (χ0n) is 15.4. The van der Waals surface area contributed by atoms with E-state index in [0.29, 0.717) is 5.92 Å². The lowest BCUT2D eigenvalue weighted by molar-refractivity contribution is 0.271. The van der Waals surface area contributed by atoms with Crippen LogP contribution in [-0.4, -0.2) is 7.11 Å². The molecule has 24 heavy (non-hydrogen) atoms. The molecule has 2 aromatic rings. The molecule has 0 saturated heterocycles. The quantitative estimate of drug-likeness (QED) is 0.637. The molecule has 0 aliphatic heterocycles. The van der Waals surface area contributed by atoms with Crippen molar-refractivity contribution in [2.75, 3.05) is 17.9 Å². The second-order valence-corrected chi connectivity index (χ2v) is 6.36. The van der Waals surface area contributed by atoms with Crippen LogP contribution in [0.3, 0.4) is 0 Å². The predicted octanol–water partition coefficient (Wildman–Crippen LogP) is 5.74. The second-order valence-electron chi connectivity index (χ2n) is 6.36. The molecule has 2 rings (SSSR count). The molecular formula is C21H28N2O. The lowest BCUT2D eigenvalue weighted by atomic mass is 9.93. The molecule has 0 fully saturated rings. The highest BCUT2D eigenvalue weighted by Gasteiger charge is 2.09. The van der Waals surface area contributed by atoms with E-state index in [4.69, 9.17) is 4.84 Å². The summed E-state index contributed by atoms with van der Waals surface area (Å²) in [6.07, 6.45) is 1.03. The van der Waals surface area contributed by atoms with Gasteiger partial charge in [-0.25, -0.2) is 0 Å². The normalized spacial score (nSPS) is 10.8. The van der Waals surface area contributed by atoms with Crippen LogP contribution >= 0.6 is 0 Å². The van der Waals surface area contributed by atoms with E-state index in [2.05, 4.69) is 62.4 Å². The van der Waals surface area contributed by atoms with Crippen molar-refractivity contribution in [3.05, 3.63) is 65.2 Å². The van der Waals surface area contributed by atoms with E-state index in [0.717, 1.165) is 34.6 Å². The zero-order valence-corrected chi connectivity index (χ0v) is 15.4. The summed E-state index contributed by atoms with van der Waals surface area (Å²) in [5.74, 6) is 0.537. The molecule has 0 radical (unpaired) electrons. The molecule has 3 heteroatoms. The van der Waals surface area contributed by atoms with Crippen LogP contribution in [0.5, 0.6) is 0 Å². The summed E-state index contributed by atoms with van der Waals surface area (Å²) < 4.78 is 0. The molecule has 2 N–H and O–H groups in total. The van der Waals surface area contributed by atoms with Crippen molar-refractivity contribution >= 4 is 17.1 Å². The number of hydrogen-bond donors (Lipinski definition) is 2. The highest BCUT2D eigenvalue weighted by atomic mass is 16.6. The van der Waals surface area contributed by atoms with Crippen LogP contribution < -0.4 is 10.8 Å². The summed E-state index contributed by atoms with van der Waals surface area (Å²) in [5, 5.41) is 3.39. The summed E-state index contributed by atoms with van der Waals surface area (Å²) in [4.78, 5) is 5.02. The van der Waals surface area contributed by atoms with Crippen molar-refractivity contribution in [2.24, 2.45) is 0 Å². The van der Waals surface area contributed by atoms with Crippen LogP contribution in [0.4, 0.5) is 11.4 Å². The number of benzene rings is 2. The Bertz CT molecular complexity index is 720. The van der Waals surface area contributed by atoms with Crippen molar-refractivity contribution < 1.29 is 4.84 Å². The Labute approximate surface area is 145 Å². The summed E-state index contributed by atoms with van der Waals surface area (Å²) in [6, 6.07) is 12.7. The van der Waals surface area contributed by atoms with E-state index >= 15 is 0 Å². The van der Waals surface area contributed by atoms with Crippen molar-refractivity contribution in [1.82, 2.24) is 0 Å². The molecule has 0 spiro atoms. The molecule has 0 bridgehead atoms. The standard InChI is InChI=1S/C21H28N2O/c1-7-17-12-18(9-11-20(17)14(2)3)16(5)22-19-10-8-15(4)21(13-19)23-24-6/h8-14,22-23H,5,7H2,1-4,6H3. The molecule has 0 amide bonds. The molecule has 0 saturated carbocycles. The van der Waals surface area contributed by atoms with Gasteiger partial charge in [0.15, 0.2) is 0 Å². The van der Waals surface area contributed by atoms with E-state index < -0.39 is 0 Å². The Morgan fingerprint density at radius 2 is 1.92 bits per heavy atom. The highest BCUT2D eigenvalue weighted by Crippen LogP contribution is 2.26. The van der Waals surface area contributed by atoms with Crippen LogP contribution in [-0.2, 0) is 11.3 Å². The first kappa shape index (κ1) is 18.1. The Kier molecular flexibility index (Phi) is 6.04. The number of hydrogen-bond acceptors (Lipinski definition) is 3. The number of rotatable bonds is 7. The zero-order chi connectivity index (χ0) is 17.7. The summed E-state index contributed by atoms with van der Waals surface area (Å²) in [7, 11) is 1.61. The lowest BCUT2D eigenvalue weighted by Gasteiger charge is -2.16. The van der Waals surface area contributed by atoms with Gasteiger partial charge in [-0.15, -0.1) is 0 Å². The van der Waals surface area contributed by atoms with E-state index in [9.17, 15) is 0 Å². The minimum Gasteiger partial charge on any atom is -0.355 e. The van der Waals surface area contributed by atoms with Crippen molar-refractivity contribution in [2.45, 2.75) is 40.0 Å². The first-order valence-electron chi connectivity index (χ1n) is 8.45. The van der Waals surface area contributed by atoms with Gasteiger partial charge in [0.1, 0.15) is 0 Å². The maximum atomic E-state index is 5.02. The van der Waals surface area contributed by atoms with Gasteiger partial charge in [-0.2, -0.15) is 0 Å². The van der Waals surface area contributed by atoms with Crippen LogP contribution in [0, 0.1) is 6.92 Å². The van der Waals surface area contributed by atoms with Gasteiger partial charge in [-0.1, -0.05) is 45.5 Å². The van der Waals surface area contributed by atoms with Gasteiger partial charge in [0.2, 0.25) is 0 Å². The third-order valence-corrected chi connectivity index (χ3v) is 4.24. The van der Waals surface area contributed by atoms with Crippen LogP contribution in [0.1, 0.15) is 48.9 Å². The molecule has 128 valence electrons. The summed E-state index contributed by atoms with van der Waals surface area (Å²) >= 11 is 0. The first-order valence-corrected chi connectivity index (χ1v) is 8.45. The average Bonchev–Trinajstić information content (AvgIpc) is 2.57. The minimum atomic E-state index is 0.537. The van der Waals surface area contributed by atoms with E-state index in [1.807, 2.05) is 19.1 Å². The van der Waals surface area contributed by atoms with Gasteiger partial charge in [0.25, 0.3) is 0 Å². The smallest absolute Gasteiger partial charge is 0.0654 e. The monoisotopic (exact) mass is 324 g/mol. The summed E-state index contributed by atoms with van der Waals surface area (Å²) in [6.45, 7) is 12.9. The van der Waals surface area contributed by atoms with Gasteiger partial charge in [0.05, 0.1) is 12.8 Å². The van der Waals surface area contributed by atoms with Crippen LogP contribution in [0.15, 0.2) is 43.0 Å². The molecule has 0 aromatic heterocycles. The van der Waals surface area contributed by atoms with Gasteiger partial charge < -0.3 is 5.32 Å². The van der Waals surface area contributed by atoms with E-state index in [-0.39, 0.29) is 0 Å². The molecule has 0 aliphatic rings. The molecular weight excluding hydrogens is 296 g/mol. The first-order chi connectivity index (χ1) is 11.5. The van der Waals surface area contributed by atoms with Crippen LogP contribution in [0.2, 0.25) is 0 Å². The predicted molar refractivity (Wildman–Crippen MR) is 104 cm³/mol. The van der Waals surface area contributed by atoms with Gasteiger partial charge >= 0.3 is 0 Å². The van der Waals surface area contributed by atoms with E-state index in [1.165, 1.54) is 11.1 Å². The average molecular weight is 324 g/mol. The SMILES string of the molecule is C=C(Nc1ccc(C)c(NOC)c1)c1ccc(C(C)C)c(CC)c1. The van der Waals surface area contributed by atoms with Gasteiger partial charge in [-0.3, -0.25) is 10.3 Å². The molecule has 0 unspecified atom stereocenters. The molecule has 0 aliphatic carbocycles. The summed E-state index contributed by atoms with van der Waals surface area (Å²) in [5.41, 5.74) is 10.8. The highest BCUT2D eigenvalue weighted by molar-refractivity contribution is 5.77. The Morgan fingerprint density at radius 3 is 2.54 bits per heavy atom. The Morgan fingerprint density at radius 1 is 1.17 bits per heavy atom. The second kappa shape index (κ2) is 8.02. The molecule has 0 heterocycles. The Balaban J connectivity index is 2.22. The number of aryl methyl sites for hydroxylation is 2. The lowest BCUT2D eigenvalue weighted by Crippen LogP contribution is -2.03. The van der Waals surface area contributed by atoms with Gasteiger partial charge in [0, 0.05) is 11.4 Å².